The number of imidazole rings is 1. The zero-order chi connectivity index (χ0) is 20.6. The molecule has 29 heavy (non-hydrogen) atoms. The quantitative estimate of drug-likeness (QED) is 0.364. The van der Waals surface area contributed by atoms with Gasteiger partial charge in [0.15, 0.2) is 0 Å². The van der Waals surface area contributed by atoms with Gasteiger partial charge in [0, 0.05) is 15.9 Å². The number of hydrogen-bond donors (Lipinski definition) is 1. The monoisotopic (exact) mass is 461 g/mol. The first kappa shape index (κ1) is 21.0. The second kappa shape index (κ2) is 10.1. The molecule has 0 aliphatic heterocycles. The summed E-state index contributed by atoms with van der Waals surface area (Å²) in [6.45, 7) is 1.06. The maximum atomic E-state index is 10.7. The van der Waals surface area contributed by atoms with Crippen LogP contribution < -0.4 is 4.74 Å². The lowest BCUT2D eigenvalue weighted by molar-refractivity contribution is -0.389. The molecule has 8 nitrogen and oxygen atoms in total. The summed E-state index contributed by atoms with van der Waals surface area (Å²) in [5, 5.41) is 20.8. The molecule has 0 saturated heterocycles. The van der Waals surface area contributed by atoms with E-state index < -0.39 is 11.0 Å². The topological polar surface area (TPSA) is 99.7 Å². The van der Waals surface area contributed by atoms with Crippen molar-refractivity contribution in [2.75, 3.05) is 6.61 Å². The molecule has 3 rings (SSSR count). The van der Waals surface area contributed by atoms with Crippen molar-refractivity contribution < 1.29 is 19.5 Å². The van der Waals surface area contributed by atoms with Gasteiger partial charge >= 0.3 is 5.82 Å². The van der Waals surface area contributed by atoms with Gasteiger partial charge in [-0.25, -0.2) is 0 Å². The minimum Gasteiger partial charge on any atom is -0.489 e. The van der Waals surface area contributed by atoms with E-state index in [2.05, 4.69) is 20.9 Å². The third kappa shape index (κ3) is 6.38. The largest absolute Gasteiger partial charge is 0.489 e. The summed E-state index contributed by atoms with van der Waals surface area (Å²) in [5.74, 6) is 0.490. The molecule has 1 N–H and O–H groups in total. The van der Waals surface area contributed by atoms with E-state index in [0.717, 1.165) is 16.9 Å². The van der Waals surface area contributed by atoms with Crippen LogP contribution in [0.4, 0.5) is 5.82 Å². The van der Waals surface area contributed by atoms with Crippen LogP contribution in [0.2, 0.25) is 0 Å². The lowest BCUT2D eigenvalue weighted by Gasteiger charge is -2.12. The Kier molecular flexibility index (Phi) is 7.34. The Hall–Kier alpha value is -2.75. The van der Waals surface area contributed by atoms with E-state index in [1.54, 1.807) is 0 Å². The van der Waals surface area contributed by atoms with Gasteiger partial charge in [-0.3, -0.25) is 4.57 Å². The molecule has 3 aromatic rings. The molecule has 0 amide bonds. The Morgan fingerprint density at radius 2 is 1.79 bits per heavy atom. The minimum absolute atomic E-state index is 0.0880. The van der Waals surface area contributed by atoms with Gasteiger partial charge in [0.25, 0.3) is 4.73 Å². The van der Waals surface area contributed by atoms with E-state index in [1.807, 2.05) is 54.6 Å². The lowest BCUT2D eigenvalue weighted by atomic mass is 10.2. The first-order valence-electron chi connectivity index (χ1n) is 8.90. The molecule has 0 aliphatic rings. The van der Waals surface area contributed by atoms with Gasteiger partial charge < -0.3 is 24.7 Å². The molecule has 0 saturated carbocycles. The summed E-state index contributed by atoms with van der Waals surface area (Å²) in [6.07, 6.45) is 0.440. The van der Waals surface area contributed by atoms with Crippen LogP contribution in [0.1, 0.15) is 11.1 Å². The summed E-state index contributed by atoms with van der Waals surface area (Å²) < 4.78 is 13.0. The lowest BCUT2D eigenvalue weighted by Crippen LogP contribution is -2.21. The second-order valence-electron chi connectivity index (χ2n) is 6.36. The second-order valence-corrected chi connectivity index (χ2v) is 7.07. The van der Waals surface area contributed by atoms with E-state index >= 15 is 0 Å². The average Bonchev–Trinajstić information content (AvgIpc) is 3.09. The van der Waals surface area contributed by atoms with Crippen molar-refractivity contribution in [3.63, 3.8) is 0 Å². The molecule has 9 heteroatoms. The number of aliphatic hydroxyl groups excluding tert-OH is 1. The number of ether oxygens (including phenoxy) is 2. The standard InChI is InChI=1S/C20H20BrN3O5/c21-20-22-19(24(26)27)11-23(20)10-17(25)14-28-12-16-6-8-18(9-7-16)29-13-15-4-2-1-3-5-15/h1-9,11,17,25H,10,12-14H2. The maximum absolute atomic E-state index is 10.7. The average molecular weight is 462 g/mol. The van der Waals surface area contributed by atoms with Crippen LogP contribution in [0.25, 0.3) is 0 Å². The molecular weight excluding hydrogens is 442 g/mol. The SMILES string of the molecule is O=[N+]([O-])c1cn(CC(O)COCc2ccc(OCc3ccccc3)cc2)c(Br)n1. The third-order valence-corrected chi connectivity index (χ3v) is 4.69. The normalized spacial score (nSPS) is 11.9. The first-order chi connectivity index (χ1) is 14.0. The van der Waals surface area contributed by atoms with Crippen molar-refractivity contribution in [3.8, 4) is 5.75 Å². The number of halogens is 1. The van der Waals surface area contributed by atoms with Gasteiger partial charge in [-0.05, 0) is 33.2 Å². The number of hydrogen-bond acceptors (Lipinski definition) is 6. The van der Waals surface area contributed by atoms with E-state index in [0.29, 0.717) is 13.2 Å². The highest BCUT2D eigenvalue weighted by atomic mass is 79.9. The summed E-state index contributed by atoms with van der Waals surface area (Å²) in [6, 6.07) is 17.5. The Balaban J connectivity index is 1.41. The van der Waals surface area contributed by atoms with Gasteiger partial charge in [0.05, 0.1) is 25.9 Å². The molecule has 0 spiro atoms. The summed E-state index contributed by atoms with van der Waals surface area (Å²) in [5.41, 5.74) is 2.05. The van der Waals surface area contributed by atoms with E-state index in [1.165, 1.54) is 10.8 Å². The summed E-state index contributed by atoms with van der Waals surface area (Å²) in [4.78, 5) is 13.9. The molecule has 2 aromatic carbocycles. The van der Waals surface area contributed by atoms with Gasteiger partial charge in [0.2, 0.25) is 0 Å². The Labute approximate surface area is 176 Å². The highest BCUT2D eigenvalue weighted by Crippen LogP contribution is 2.17. The molecule has 1 heterocycles. The smallest absolute Gasteiger partial charge is 0.382 e. The fourth-order valence-electron chi connectivity index (χ4n) is 2.61. The van der Waals surface area contributed by atoms with E-state index in [9.17, 15) is 15.2 Å². The van der Waals surface area contributed by atoms with Crippen LogP contribution in [0.5, 0.6) is 5.75 Å². The van der Waals surface area contributed by atoms with Crippen molar-refractivity contribution in [1.29, 1.82) is 0 Å². The van der Waals surface area contributed by atoms with Crippen molar-refractivity contribution in [2.45, 2.75) is 25.9 Å². The predicted octanol–water partition coefficient (Wildman–Crippen LogP) is 3.71. The molecule has 0 aliphatic carbocycles. The van der Waals surface area contributed by atoms with Crippen molar-refractivity contribution >= 4 is 21.7 Å². The fourth-order valence-corrected chi connectivity index (χ4v) is 3.04. The van der Waals surface area contributed by atoms with E-state index in [-0.39, 0.29) is 23.7 Å². The first-order valence-corrected chi connectivity index (χ1v) is 9.69. The van der Waals surface area contributed by atoms with E-state index in [4.69, 9.17) is 9.47 Å². The van der Waals surface area contributed by atoms with Crippen molar-refractivity contribution in [1.82, 2.24) is 9.55 Å². The van der Waals surface area contributed by atoms with Crippen LogP contribution in [0, 0.1) is 10.1 Å². The summed E-state index contributed by atoms with van der Waals surface area (Å²) in [7, 11) is 0. The van der Waals surface area contributed by atoms with Crippen molar-refractivity contribution in [3.05, 3.63) is 86.8 Å². The zero-order valence-corrected chi connectivity index (χ0v) is 17.1. The molecule has 0 fully saturated rings. The summed E-state index contributed by atoms with van der Waals surface area (Å²) >= 11 is 3.14. The Bertz CT molecular complexity index is 931. The predicted molar refractivity (Wildman–Crippen MR) is 109 cm³/mol. The van der Waals surface area contributed by atoms with Crippen LogP contribution >= 0.6 is 15.9 Å². The Morgan fingerprint density at radius 1 is 1.10 bits per heavy atom. The van der Waals surface area contributed by atoms with Gasteiger partial charge in [-0.2, -0.15) is 0 Å². The molecule has 0 radical (unpaired) electrons. The van der Waals surface area contributed by atoms with Gasteiger partial charge in [0.1, 0.15) is 18.6 Å². The van der Waals surface area contributed by atoms with Gasteiger partial charge in [-0.15, -0.1) is 0 Å². The van der Waals surface area contributed by atoms with Gasteiger partial charge in [-0.1, -0.05) is 42.5 Å². The number of nitro groups is 1. The highest BCUT2D eigenvalue weighted by Gasteiger charge is 2.18. The van der Waals surface area contributed by atoms with Crippen LogP contribution in [-0.2, 0) is 24.5 Å². The van der Waals surface area contributed by atoms with Crippen LogP contribution in [-0.4, -0.2) is 32.3 Å². The fraction of sp³-hybridized carbons (Fsp3) is 0.250. The molecule has 152 valence electrons. The molecular formula is C20H20BrN3O5. The molecule has 1 unspecified atom stereocenters. The number of nitrogens with zero attached hydrogens (tertiary/aromatic N) is 3. The molecule has 0 bridgehead atoms. The molecule has 1 aromatic heterocycles. The van der Waals surface area contributed by atoms with Crippen LogP contribution in [0.15, 0.2) is 65.5 Å². The highest BCUT2D eigenvalue weighted by molar-refractivity contribution is 9.10. The van der Waals surface area contributed by atoms with Crippen LogP contribution in [0.3, 0.4) is 0 Å². The molecule has 1 atom stereocenters. The number of aliphatic hydroxyl groups is 1. The number of aromatic nitrogens is 2. The van der Waals surface area contributed by atoms with Crippen molar-refractivity contribution in [2.24, 2.45) is 0 Å². The third-order valence-electron chi connectivity index (χ3n) is 4.06. The zero-order valence-electron chi connectivity index (χ0n) is 15.5. The number of benzene rings is 2. The number of rotatable bonds is 10. The Morgan fingerprint density at radius 3 is 2.45 bits per heavy atom. The minimum atomic E-state index is -0.825. The maximum Gasteiger partial charge on any atom is 0.382 e.